The van der Waals surface area contributed by atoms with Gasteiger partial charge in [0.15, 0.2) is 0 Å². The summed E-state index contributed by atoms with van der Waals surface area (Å²) >= 11 is 0. The monoisotopic (exact) mass is 318 g/mol. The van der Waals surface area contributed by atoms with Crippen molar-refractivity contribution in [2.24, 2.45) is 0 Å². The van der Waals surface area contributed by atoms with Gasteiger partial charge in [-0.25, -0.2) is 13.2 Å². The molecule has 0 aliphatic heterocycles. The normalized spacial score (nSPS) is 10.8. The number of fused-ring (bicyclic) bond motifs is 1. The maximum absolute atomic E-state index is 11.3. The first-order valence-corrected chi connectivity index (χ1v) is 7.16. The zero-order valence-corrected chi connectivity index (χ0v) is 14.3. The second kappa shape index (κ2) is 7.24. The van der Waals surface area contributed by atoms with Crippen LogP contribution in [-0.4, -0.2) is 25.7 Å². The van der Waals surface area contributed by atoms with E-state index >= 15 is 0 Å². The van der Waals surface area contributed by atoms with E-state index in [4.69, 9.17) is 4.74 Å². The number of carbonyl (C=O) groups is 1. The quantitative estimate of drug-likeness (QED) is 0.321. The number of ether oxygens (including phenoxy) is 2. The van der Waals surface area contributed by atoms with Gasteiger partial charge in [0.2, 0.25) is 0 Å². The Morgan fingerprint density at radius 1 is 1.14 bits per heavy atom. The molecule has 0 N–H and O–H groups in total. The van der Waals surface area contributed by atoms with Crippen molar-refractivity contribution in [3.05, 3.63) is 36.4 Å². The van der Waals surface area contributed by atoms with Gasteiger partial charge in [-0.15, -0.1) is 0 Å². The fourth-order valence-corrected chi connectivity index (χ4v) is 2.49. The van der Waals surface area contributed by atoms with Crippen molar-refractivity contribution in [3.63, 3.8) is 0 Å². The number of rotatable bonds is 3. The second-order valence-corrected chi connectivity index (χ2v) is 5.19. The van der Waals surface area contributed by atoms with E-state index in [1.165, 1.54) is 30.3 Å². The van der Waals surface area contributed by atoms with Gasteiger partial charge in [0, 0.05) is 10.8 Å². The Labute approximate surface area is 144 Å². The van der Waals surface area contributed by atoms with E-state index in [2.05, 4.69) is 4.74 Å². The zero-order valence-electron chi connectivity index (χ0n) is 11.5. The molecule has 2 aromatic rings. The molecule has 8 heteroatoms. The molecule has 0 radical (unpaired) electrons. The van der Waals surface area contributed by atoms with Crippen LogP contribution in [-0.2, 0) is 14.9 Å². The molecule has 2 aromatic carbocycles. The maximum Gasteiger partial charge on any atom is 1.00 e. The number of hydrogen-bond donors (Lipinski definition) is 0. The third kappa shape index (κ3) is 4.18. The van der Waals surface area contributed by atoms with Crippen LogP contribution >= 0.6 is 0 Å². The number of benzene rings is 2. The van der Waals surface area contributed by atoms with Gasteiger partial charge < -0.3 is 14.0 Å². The molecule has 2 rings (SSSR count). The molecule has 0 aliphatic rings. The van der Waals surface area contributed by atoms with Crippen molar-refractivity contribution < 1.29 is 56.8 Å². The first-order chi connectivity index (χ1) is 9.43. The number of hydrogen-bond acceptors (Lipinski definition) is 6. The number of carbonyl (C=O) groups excluding carboxylic acids is 1. The summed E-state index contributed by atoms with van der Waals surface area (Å²) in [6.07, 6.45) is -0.893. The molecule has 21 heavy (non-hydrogen) atoms. The summed E-state index contributed by atoms with van der Waals surface area (Å²) in [5.74, 6) is 0.131. The van der Waals surface area contributed by atoms with E-state index in [9.17, 15) is 17.8 Å². The van der Waals surface area contributed by atoms with Crippen LogP contribution in [0.3, 0.4) is 0 Å². The minimum atomic E-state index is -4.61. The van der Waals surface area contributed by atoms with Crippen molar-refractivity contribution in [3.8, 4) is 5.75 Å². The summed E-state index contributed by atoms with van der Waals surface area (Å²) < 4.78 is 43.2. The van der Waals surface area contributed by atoms with Crippen molar-refractivity contribution >= 4 is 27.0 Å². The molecule has 0 bridgehead atoms. The minimum absolute atomic E-state index is 0. The molecule has 0 atom stereocenters. The van der Waals surface area contributed by atoms with Crippen LogP contribution in [0.2, 0.25) is 0 Å². The molecular weight excluding hydrogens is 307 g/mol. The van der Waals surface area contributed by atoms with Crippen LogP contribution < -0.4 is 34.3 Å². The van der Waals surface area contributed by atoms with Gasteiger partial charge in [0.1, 0.15) is 15.9 Å². The van der Waals surface area contributed by atoms with Crippen LogP contribution in [0.4, 0.5) is 4.79 Å². The van der Waals surface area contributed by atoms with Crippen LogP contribution in [0.25, 0.3) is 10.8 Å². The minimum Gasteiger partial charge on any atom is -0.744 e. The average Bonchev–Trinajstić information content (AvgIpc) is 2.37. The van der Waals surface area contributed by atoms with E-state index in [0.29, 0.717) is 5.39 Å². The molecule has 6 nitrogen and oxygen atoms in total. The zero-order chi connectivity index (χ0) is 14.8. The van der Waals surface area contributed by atoms with E-state index in [-0.39, 0.29) is 52.2 Å². The van der Waals surface area contributed by atoms with E-state index in [1.807, 2.05) is 0 Å². The van der Waals surface area contributed by atoms with Crippen molar-refractivity contribution in [2.75, 3.05) is 6.61 Å². The molecule has 106 valence electrons. The van der Waals surface area contributed by atoms with Gasteiger partial charge in [0.25, 0.3) is 0 Å². The third-order valence-electron chi connectivity index (χ3n) is 2.57. The standard InChI is InChI=1S/C13H12O6S.Na/c1-2-18-13(14)19-11-7-3-6-10-9(11)5-4-8-12(10)20(15,16)17;/h3-8H,2H2,1H3,(H,15,16,17);/q;+1/p-1. The van der Waals surface area contributed by atoms with Gasteiger partial charge in [-0.2, -0.15) is 0 Å². The van der Waals surface area contributed by atoms with Gasteiger partial charge in [-0.1, -0.05) is 24.3 Å². The van der Waals surface area contributed by atoms with Gasteiger partial charge in [-0.3, -0.25) is 0 Å². The fourth-order valence-electron chi connectivity index (χ4n) is 1.80. The molecule has 0 aliphatic carbocycles. The molecular formula is C13H11NaO6S. The maximum atomic E-state index is 11.3. The molecule has 0 saturated carbocycles. The molecule has 0 saturated heterocycles. The predicted molar refractivity (Wildman–Crippen MR) is 69.6 cm³/mol. The molecule has 0 fully saturated rings. The first kappa shape index (κ1) is 17.9. The predicted octanol–water partition coefficient (Wildman–Crippen LogP) is -0.717. The van der Waals surface area contributed by atoms with E-state index in [1.54, 1.807) is 13.0 Å². The Morgan fingerprint density at radius 2 is 1.76 bits per heavy atom. The average molecular weight is 318 g/mol. The van der Waals surface area contributed by atoms with Crippen LogP contribution in [0, 0.1) is 0 Å². The summed E-state index contributed by atoms with van der Waals surface area (Å²) in [6.45, 7) is 1.79. The Kier molecular flexibility index (Phi) is 6.18. The summed E-state index contributed by atoms with van der Waals surface area (Å²) in [5, 5.41) is 0.543. The molecule has 0 aromatic heterocycles. The van der Waals surface area contributed by atoms with Crippen molar-refractivity contribution in [1.82, 2.24) is 0 Å². The summed E-state index contributed by atoms with van der Waals surface area (Å²) in [4.78, 5) is 11.0. The van der Waals surface area contributed by atoms with Gasteiger partial charge in [0.05, 0.1) is 11.5 Å². The topological polar surface area (TPSA) is 92.7 Å². The molecule has 0 heterocycles. The molecule has 0 amide bonds. The van der Waals surface area contributed by atoms with Gasteiger partial charge >= 0.3 is 35.7 Å². The van der Waals surface area contributed by atoms with Crippen LogP contribution in [0.5, 0.6) is 5.75 Å². The smallest absolute Gasteiger partial charge is 0.744 e. The summed E-state index contributed by atoms with van der Waals surface area (Å²) in [7, 11) is -4.61. The Bertz CT molecular complexity index is 756. The fraction of sp³-hybridized carbons (Fsp3) is 0.154. The van der Waals surface area contributed by atoms with E-state index in [0.717, 1.165) is 0 Å². The van der Waals surface area contributed by atoms with Gasteiger partial charge in [-0.05, 0) is 19.1 Å². The second-order valence-electron chi connectivity index (χ2n) is 3.85. The van der Waals surface area contributed by atoms with E-state index < -0.39 is 16.3 Å². The Balaban J connectivity index is 0.00000220. The first-order valence-electron chi connectivity index (χ1n) is 5.75. The Hall–Kier alpha value is -1.12. The third-order valence-corrected chi connectivity index (χ3v) is 3.46. The SMILES string of the molecule is CCOC(=O)Oc1cccc2c(S(=O)(=O)[O-])cccc12.[Na+]. The van der Waals surface area contributed by atoms with Crippen LogP contribution in [0.1, 0.15) is 6.92 Å². The largest absolute Gasteiger partial charge is 1.00 e. The Morgan fingerprint density at radius 3 is 2.38 bits per heavy atom. The summed E-state index contributed by atoms with van der Waals surface area (Å²) in [5.41, 5.74) is 0. The van der Waals surface area contributed by atoms with Crippen molar-refractivity contribution in [1.29, 1.82) is 0 Å². The van der Waals surface area contributed by atoms with Crippen LogP contribution in [0.15, 0.2) is 41.3 Å². The molecule has 0 spiro atoms. The molecule has 0 unspecified atom stereocenters. The van der Waals surface area contributed by atoms with Crippen molar-refractivity contribution in [2.45, 2.75) is 11.8 Å². The summed E-state index contributed by atoms with van der Waals surface area (Å²) in [6, 6.07) is 8.62.